The van der Waals surface area contributed by atoms with Crippen LogP contribution in [0.2, 0.25) is 10.0 Å². The Morgan fingerprint density at radius 3 is 2.49 bits per heavy atom. The van der Waals surface area contributed by atoms with E-state index in [1.807, 2.05) is 0 Å². The second-order valence-electron chi connectivity index (χ2n) is 9.71. The van der Waals surface area contributed by atoms with E-state index in [4.69, 9.17) is 23.2 Å². The number of benzene rings is 1. The summed E-state index contributed by atoms with van der Waals surface area (Å²) in [6, 6.07) is 7.18. The van der Waals surface area contributed by atoms with Crippen LogP contribution in [0.25, 0.3) is 5.82 Å². The van der Waals surface area contributed by atoms with E-state index in [2.05, 4.69) is 36.1 Å². The van der Waals surface area contributed by atoms with Gasteiger partial charge in [-0.2, -0.15) is 31.8 Å². The molecule has 0 spiro atoms. The Morgan fingerprint density at radius 1 is 1.07 bits per heavy atom. The normalized spacial score (nSPS) is 13.7. The van der Waals surface area contributed by atoms with Gasteiger partial charge in [0.05, 0.1) is 22.0 Å². The number of aryl methyl sites for hydroxylation is 1. The second-order valence-corrected chi connectivity index (χ2v) is 10.6. The summed E-state index contributed by atoms with van der Waals surface area (Å²) in [7, 11) is 0. The standard InChI is InChI=1S/C25H20Cl2F5N9O2/c1-12-7-14(26)8-16(21(42)34-10-13-4-5-13)19(12)35-22(43)18-9-15(37-41(18)20-17(27)3-2-6-33-20)11-40-38-23(36-39-40)24(28,29)25(30,31)32/h2-3,6-9,13H,4-5,10-11H2,1H3,(H,34,42)(H,35,43). The van der Waals surface area contributed by atoms with Crippen molar-refractivity contribution in [1.29, 1.82) is 0 Å². The highest BCUT2D eigenvalue weighted by atomic mass is 35.5. The zero-order valence-electron chi connectivity index (χ0n) is 22.0. The van der Waals surface area contributed by atoms with E-state index in [1.54, 1.807) is 13.0 Å². The van der Waals surface area contributed by atoms with Crippen LogP contribution in [0.1, 0.15) is 50.8 Å². The molecule has 3 aromatic heterocycles. The summed E-state index contributed by atoms with van der Waals surface area (Å²) >= 11 is 12.5. The van der Waals surface area contributed by atoms with Crippen molar-refractivity contribution < 1.29 is 31.5 Å². The Morgan fingerprint density at radius 2 is 1.81 bits per heavy atom. The maximum atomic E-state index is 13.7. The molecule has 5 rings (SSSR count). The van der Waals surface area contributed by atoms with E-state index in [0.717, 1.165) is 17.5 Å². The number of hydrogen-bond donors (Lipinski definition) is 2. The van der Waals surface area contributed by atoms with Crippen LogP contribution in [0.15, 0.2) is 36.5 Å². The molecular weight excluding hydrogens is 624 g/mol. The van der Waals surface area contributed by atoms with Crippen molar-refractivity contribution in [2.45, 2.75) is 38.4 Å². The molecule has 0 bridgehead atoms. The van der Waals surface area contributed by atoms with Crippen LogP contribution in [0.3, 0.4) is 0 Å². The molecule has 0 unspecified atom stereocenters. The van der Waals surface area contributed by atoms with Crippen molar-refractivity contribution >= 4 is 40.7 Å². The van der Waals surface area contributed by atoms with Crippen molar-refractivity contribution in [3.05, 3.63) is 74.9 Å². The van der Waals surface area contributed by atoms with Gasteiger partial charge in [-0.25, -0.2) is 9.67 Å². The summed E-state index contributed by atoms with van der Waals surface area (Å²) in [4.78, 5) is 31.2. The van der Waals surface area contributed by atoms with Crippen LogP contribution in [0.4, 0.5) is 27.6 Å². The van der Waals surface area contributed by atoms with Crippen LogP contribution >= 0.6 is 23.2 Å². The third kappa shape index (κ3) is 6.44. The fourth-order valence-electron chi connectivity index (χ4n) is 3.99. The number of alkyl halides is 5. The van der Waals surface area contributed by atoms with Gasteiger partial charge in [-0.05, 0) is 66.8 Å². The molecule has 1 aliphatic carbocycles. The molecule has 11 nitrogen and oxygen atoms in total. The van der Waals surface area contributed by atoms with Crippen LogP contribution in [0, 0.1) is 12.8 Å². The van der Waals surface area contributed by atoms with Crippen LogP contribution < -0.4 is 10.6 Å². The smallest absolute Gasteiger partial charge is 0.352 e. The number of pyridine rings is 1. The molecule has 2 N–H and O–H groups in total. The number of carbonyl (C=O) groups excluding carboxylic acids is 2. The molecule has 4 aromatic rings. The van der Waals surface area contributed by atoms with E-state index in [-0.39, 0.29) is 38.5 Å². The molecule has 18 heteroatoms. The topological polar surface area (TPSA) is 133 Å². The lowest BCUT2D eigenvalue weighted by atomic mass is 10.1. The highest BCUT2D eigenvalue weighted by molar-refractivity contribution is 6.32. The van der Waals surface area contributed by atoms with E-state index in [0.29, 0.717) is 22.8 Å². The van der Waals surface area contributed by atoms with Crippen molar-refractivity contribution in [3.8, 4) is 5.82 Å². The fraction of sp³-hybridized carbons (Fsp3) is 0.320. The van der Waals surface area contributed by atoms with Gasteiger partial charge in [-0.1, -0.05) is 23.2 Å². The summed E-state index contributed by atoms with van der Waals surface area (Å²) in [5.41, 5.74) is 0.549. The molecule has 2 amide bonds. The van der Waals surface area contributed by atoms with Gasteiger partial charge in [0, 0.05) is 17.8 Å². The molecule has 43 heavy (non-hydrogen) atoms. The maximum Gasteiger partial charge on any atom is 0.461 e. The lowest BCUT2D eigenvalue weighted by molar-refractivity contribution is -0.292. The quantitative estimate of drug-likeness (QED) is 0.246. The van der Waals surface area contributed by atoms with Crippen molar-refractivity contribution in [1.82, 2.24) is 40.3 Å². The number of amides is 2. The van der Waals surface area contributed by atoms with Crippen LogP contribution in [-0.2, 0) is 12.5 Å². The fourth-order valence-corrected chi connectivity index (χ4v) is 4.47. The number of rotatable bonds is 9. The molecule has 1 aliphatic rings. The minimum atomic E-state index is -5.93. The number of anilines is 1. The molecular formula is C25H20Cl2F5N9O2. The van der Waals surface area contributed by atoms with Crippen molar-refractivity contribution in [2.75, 3.05) is 11.9 Å². The van der Waals surface area contributed by atoms with E-state index >= 15 is 0 Å². The maximum absolute atomic E-state index is 13.7. The number of tetrazole rings is 1. The van der Waals surface area contributed by atoms with E-state index < -0.39 is 36.3 Å². The first kappa shape index (κ1) is 30.3. The number of nitrogens with zero attached hydrogens (tertiary/aromatic N) is 7. The Hall–Kier alpha value is -4.18. The average Bonchev–Trinajstić information content (AvgIpc) is 3.48. The number of nitrogens with one attached hydrogen (secondary N) is 2. The summed E-state index contributed by atoms with van der Waals surface area (Å²) in [6.45, 7) is 1.56. The first-order chi connectivity index (χ1) is 20.2. The Labute approximate surface area is 249 Å². The average molecular weight is 644 g/mol. The van der Waals surface area contributed by atoms with Gasteiger partial charge in [-0.3, -0.25) is 9.59 Å². The van der Waals surface area contributed by atoms with Gasteiger partial charge < -0.3 is 10.6 Å². The Balaban J connectivity index is 1.48. The molecule has 1 aromatic carbocycles. The number of halogens is 7. The Kier molecular flexibility index (Phi) is 8.09. The van der Waals surface area contributed by atoms with E-state index in [1.165, 1.54) is 30.5 Å². The van der Waals surface area contributed by atoms with Crippen molar-refractivity contribution in [2.24, 2.45) is 5.92 Å². The molecule has 0 atom stereocenters. The number of hydrogen-bond acceptors (Lipinski definition) is 7. The lowest BCUT2D eigenvalue weighted by Crippen LogP contribution is -2.35. The molecule has 0 saturated heterocycles. The zero-order chi connectivity index (χ0) is 31.1. The van der Waals surface area contributed by atoms with Gasteiger partial charge in [0.1, 0.15) is 12.2 Å². The minimum Gasteiger partial charge on any atom is -0.352 e. The van der Waals surface area contributed by atoms with E-state index in [9.17, 15) is 31.5 Å². The SMILES string of the molecule is Cc1cc(Cl)cc(C(=O)NCC2CC2)c1NC(=O)c1cc(Cn2nnc(C(F)(F)C(F)(F)F)n2)nn1-c1ncccc1Cl. The molecule has 0 aliphatic heterocycles. The summed E-state index contributed by atoms with van der Waals surface area (Å²) in [6.07, 6.45) is -2.54. The van der Waals surface area contributed by atoms with Gasteiger partial charge in [0.2, 0.25) is 0 Å². The van der Waals surface area contributed by atoms with Crippen molar-refractivity contribution in [3.63, 3.8) is 0 Å². The second kappa shape index (κ2) is 11.5. The monoisotopic (exact) mass is 643 g/mol. The zero-order valence-corrected chi connectivity index (χ0v) is 23.5. The third-order valence-corrected chi connectivity index (χ3v) is 6.87. The summed E-state index contributed by atoms with van der Waals surface area (Å²) in [5.74, 6) is -8.01. The molecule has 3 heterocycles. The van der Waals surface area contributed by atoms with Gasteiger partial charge in [-0.15, -0.1) is 10.2 Å². The highest BCUT2D eigenvalue weighted by Crippen LogP contribution is 2.42. The predicted molar refractivity (Wildman–Crippen MR) is 142 cm³/mol. The molecule has 226 valence electrons. The highest BCUT2D eigenvalue weighted by Gasteiger charge is 2.62. The summed E-state index contributed by atoms with van der Waals surface area (Å²) < 4.78 is 66.6. The third-order valence-electron chi connectivity index (χ3n) is 6.36. The number of aromatic nitrogens is 7. The first-order valence-corrected chi connectivity index (χ1v) is 13.3. The molecule has 0 radical (unpaired) electrons. The summed E-state index contributed by atoms with van der Waals surface area (Å²) in [5, 5.41) is 19.4. The largest absolute Gasteiger partial charge is 0.461 e. The van der Waals surface area contributed by atoms with Crippen LogP contribution in [0.5, 0.6) is 0 Å². The predicted octanol–water partition coefficient (Wildman–Crippen LogP) is 4.96. The van der Waals surface area contributed by atoms with Gasteiger partial charge in [0.25, 0.3) is 17.6 Å². The van der Waals surface area contributed by atoms with Crippen LogP contribution in [-0.4, -0.2) is 59.5 Å². The Bertz CT molecular complexity index is 1700. The van der Waals surface area contributed by atoms with Gasteiger partial charge in [0.15, 0.2) is 5.82 Å². The lowest BCUT2D eigenvalue weighted by Gasteiger charge is -2.15. The molecule has 1 saturated carbocycles. The first-order valence-electron chi connectivity index (χ1n) is 12.6. The van der Waals surface area contributed by atoms with Gasteiger partial charge >= 0.3 is 12.1 Å². The molecule has 1 fully saturated rings. The minimum absolute atomic E-state index is 0.00615. The number of carbonyl (C=O) groups is 2.